The Labute approximate surface area is 216 Å². The predicted octanol–water partition coefficient (Wildman–Crippen LogP) is -3.89. The molecular weight excluding hydrogens is 514 g/mol. The van der Waals surface area contributed by atoms with Crippen LogP contribution in [0.25, 0.3) is 0 Å². The summed E-state index contributed by atoms with van der Waals surface area (Å²) in [6, 6.07) is -6.18. The minimum atomic E-state index is -1.73. The van der Waals surface area contributed by atoms with E-state index in [2.05, 4.69) is 20.9 Å². The molecular formula is C20H33N7O11. The van der Waals surface area contributed by atoms with Crippen LogP contribution in [0.5, 0.6) is 0 Å². The highest BCUT2D eigenvalue weighted by atomic mass is 16.4. The molecule has 18 nitrogen and oxygen atoms in total. The predicted molar refractivity (Wildman–Crippen MR) is 127 cm³/mol. The fraction of sp³-hybridized carbons (Fsp3) is 0.600. The number of guanidine groups is 1. The van der Waals surface area contributed by atoms with Crippen molar-refractivity contribution in [2.75, 3.05) is 6.54 Å². The molecule has 0 heterocycles. The van der Waals surface area contributed by atoms with Gasteiger partial charge >= 0.3 is 23.9 Å². The van der Waals surface area contributed by atoms with Gasteiger partial charge in [0.25, 0.3) is 0 Å². The number of carboxylic acid groups (broad SMARTS) is 4. The van der Waals surface area contributed by atoms with Crippen LogP contribution < -0.4 is 33.2 Å². The molecule has 0 rings (SSSR count). The van der Waals surface area contributed by atoms with Crippen LogP contribution in [0.4, 0.5) is 0 Å². The number of carboxylic acids is 4. The van der Waals surface area contributed by atoms with Gasteiger partial charge in [-0.2, -0.15) is 0 Å². The zero-order chi connectivity index (χ0) is 29.4. The van der Waals surface area contributed by atoms with Gasteiger partial charge in [0, 0.05) is 19.4 Å². The molecule has 214 valence electrons. The first-order valence-electron chi connectivity index (χ1n) is 11.2. The van der Waals surface area contributed by atoms with E-state index in [0.29, 0.717) is 0 Å². The zero-order valence-corrected chi connectivity index (χ0v) is 20.3. The summed E-state index contributed by atoms with van der Waals surface area (Å²) in [5.41, 5.74) is 16.0. The van der Waals surface area contributed by atoms with Crippen molar-refractivity contribution in [3.05, 3.63) is 0 Å². The molecule has 4 unspecified atom stereocenters. The van der Waals surface area contributed by atoms with Gasteiger partial charge in [0.1, 0.15) is 18.1 Å². The summed E-state index contributed by atoms with van der Waals surface area (Å²) in [5, 5.41) is 42.4. The fourth-order valence-electron chi connectivity index (χ4n) is 2.91. The van der Waals surface area contributed by atoms with E-state index >= 15 is 0 Å². The quantitative estimate of drug-likeness (QED) is 0.0420. The van der Waals surface area contributed by atoms with Crippen LogP contribution in [-0.4, -0.2) is 98.7 Å². The molecule has 0 spiro atoms. The van der Waals surface area contributed by atoms with E-state index in [1.807, 2.05) is 0 Å². The van der Waals surface area contributed by atoms with E-state index in [1.165, 1.54) is 0 Å². The molecule has 0 aliphatic rings. The Morgan fingerprint density at radius 1 is 0.658 bits per heavy atom. The summed E-state index contributed by atoms with van der Waals surface area (Å²) >= 11 is 0. The molecule has 13 N–H and O–H groups in total. The summed E-state index contributed by atoms with van der Waals surface area (Å²) in [6.45, 7) is 0.0110. The third-order valence-corrected chi connectivity index (χ3v) is 4.86. The SMILES string of the molecule is NC(N)=NCCCC(NC(=O)C(CC(=O)O)NC(=O)C(N)CCC(=O)O)C(=O)NC(CCC(=O)O)C(=O)O. The molecule has 0 saturated carbocycles. The normalized spacial score (nSPS) is 13.6. The molecule has 18 heteroatoms. The second-order valence-corrected chi connectivity index (χ2v) is 8.04. The van der Waals surface area contributed by atoms with Crippen molar-refractivity contribution in [3.63, 3.8) is 0 Å². The summed E-state index contributed by atoms with van der Waals surface area (Å²) in [6.07, 6.45) is -2.79. The van der Waals surface area contributed by atoms with Crippen LogP contribution in [0, 0.1) is 0 Å². The molecule has 0 aromatic rings. The van der Waals surface area contributed by atoms with Crippen molar-refractivity contribution in [1.29, 1.82) is 0 Å². The number of carbonyl (C=O) groups is 7. The van der Waals surface area contributed by atoms with Crippen molar-refractivity contribution in [3.8, 4) is 0 Å². The van der Waals surface area contributed by atoms with E-state index < -0.39 is 91.4 Å². The van der Waals surface area contributed by atoms with Crippen LogP contribution in [0.1, 0.15) is 44.9 Å². The van der Waals surface area contributed by atoms with Gasteiger partial charge in [0.15, 0.2) is 5.96 Å². The van der Waals surface area contributed by atoms with Crippen LogP contribution in [0.3, 0.4) is 0 Å². The third-order valence-electron chi connectivity index (χ3n) is 4.86. The maximum atomic E-state index is 12.8. The van der Waals surface area contributed by atoms with Crippen molar-refractivity contribution >= 4 is 47.6 Å². The van der Waals surface area contributed by atoms with Gasteiger partial charge < -0.3 is 53.6 Å². The van der Waals surface area contributed by atoms with E-state index in [4.69, 9.17) is 32.5 Å². The van der Waals surface area contributed by atoms with Gasteiger partial charge in [0.2, 0.25) is 17.7 Å². The van der Waals surface area contributed by atoms with Crippen molar-refractivity contribution in [1.82, 2.24) is 16.0 Å². The molecule has 4 atom stereocenters. The lowest BCUT2D eigenvalue weighted by atomic mass is 10.1. The lowest BCUT2D eigenvalue weighted by molar-refractivity contribution is -0.144. The van der Waals surface area contributed by atoms with E-state index in [-0.39, 0.29) is 31.8 Å². The molecule has 3 amide bonds. The lowest BCUT2D eigenvalue weighted by Gasteiger charge is -2.24. The molecule has 0 radical (unpaired) electrons. The molecule has 0 aromatic heterocycles. The zero-order valence-electron chi connectivity index (χ0n) is 20.3. The van der Waals surface area contributed by atoms with E-state index in [1.54, 1.807) is 0 Å². The highest BCUT2D eigenvalue weighted by Gasteiger charge is 2.31. The van der Waals surface area contributed by atoms with Gasteiger partial charge in [-0.1, -0.05) is 0 Å². The molecule has 38 heavy (non-hydrogen) atoms. The summed E-state index contributed by atoms with van der Waals surface area (Å²) in [4.78, 5) is 85.7. The van der Waals surface area contributed by atoms with E-state index in [9.17, 15) is 38.7 Å². The Bertz CT molecular complexity index is 921. The third kappa shape index (κ3) is 14.8. The molecule has 0 bridgehead atoms. The summed E-state index contributed by atoms with van der Waals surface area (Å²) in [5.74, 6) is -8.99. The van der Waals surface area contributed by atoms with Crippen LogP contribution in [0.15, 0.2) is 4.99 Å². The second kappa shape index (κ2) is 17.1. The minimum absolute atomic E-state index is 0.0110. The molecule has 0 saturated heterocycles. The van der Waals surface area contributed by atoms with Gasteiger partial charge in [-0.15, -0.1) is 0 Å². The Morgan fingerprint density at radius 2 is 1.16 bits per heavy atom. The highest BCUT2D eigenvalue weighted by Crippen LogP contribution is 2.05. The topological polar surface area (TPSA) is 327 Å². The van der Waals surface area contributed by atoms with Crippen LogP contribution >= 0.6 is 0 Å². The Morgan fingerprint density at radius 3 is 1.66 bits per heavy atom. The standard InChI is InChI=1S/C20H33N7O11/c21-9(3-5-13(28)29)16(34)27-12(8-15(32)33)18(36)25-10(2-1-7-24-20(22)23)17(35)26-11(19(37)38)4-6-14(30)31/h9-12H,1-8,21H2,(H,25,36)(H,26,35)(H,27,34)(H,28,29)(H,30,31)(H,32,33)(H,37,38)(H4,22,23,24). The Kier molecular flexibility index (Phi) is 15.0. The average Bonchev–Trinajstić information content (AvgIpc) is 2.80. The largest absolute Gasteiger partial charge is 0.481 e. The Hall–Kier alpha value is -4.48. The van der Waals surface area contributed by atoms with Gasteiger partial charge in [0.05, 0.1) is 12.5 Å². The maximum absolute atomic E-state index is 12.8. The van der Waals surface area contributed by atoms with Crippen LogP contribution in [-0.2, 0) is 33.6 Å². The number of aliphatic carboxylic acids is 4. The average molecular weight is 548 g/mol. The monoisotopic (exact) mass is 547 g/mol. The smallest absolute Gasteiger partial charge is 0.326 e. The first kappa shape index (κ1) is 33.5. The van der Waals surface area contributed by atoms with Crippen molar-refractivity contribution in [2.24, 2.45) is 22.2 Å². The van der Waals surface area contributed by atoms with Gasteiger partial charge in [-0.25, -0.2) is 4.79 Å². The number of hydrogen-bond donors (Lipinski definition) is 10. The molecule has 0 aromatic carbocycles. The number of hydrogen-bond acceptors (Lipinski definition) is 9. The van der Waals surface area contributed by atoms with Crippen molar-refractivity contribution < 1.29 is 54.0 Å². The Balaban J connectivity index is 5.67. The lowest BCUT2D eigenvalue weighted by Crippen LogP contribution is -2.57. The maximum Gasteiger partial charge on any atom is 0.326 e. The van der Waals surface area contributed by atoms with Crippen LogP contribution in [0.2, 0.25) is 0 Å². The number of aliphatic imine (C=N–C) groups is 1. The summed E-state index contributed by atoms with van der Waals surface area (Å²) in [7, 11) is 0. The summed E-state index contributed by atoms with van der Waals surface area (Å²) < 4.78 is 0. The molecule has 0 aliphatic carbocycles. The first-order valence-corrected chi connectivity index (χ1v) is 11.2. The van der Waals surface area contributed by atoms with E-state index in [0.717, 1.165) is 0 Å². The molecule has 0 fully saturated rings. The number of amides is 3. The number of nitrogens with two attached hydrogens (primary N) is 3. The van der Waals surface area contributed by atoms with Gasteiger partial charge in [-0.05, 0) is 25.7 Å². The van der Waals surface area contributed by atoms with Gasteiger partial charge in [-0.3, -0.25) is 33.8 Å². The first-order chi connectivity index (χ1) is 17.6. The van der Waals surface area contributed by atoms with Crippen molar-refractivity contribution in [2.45, 2.75) is 69.1 Å². The number of rotatable bonds is 19. The fourth-order valence-corrected chi connectivity index (χ4v) is 2.91. The number of nitrogens with one attached hydrogen (secondary N) is 3. The molecule has 0 aliphatic heterocycles. The minimum Gasteiger partial charge on any atom is -0.481 e. The number of nitrogens with zero attached hydrogens (tertiary/aromatic N) is 1. The highest BCUT2D eigenvalue weighted by molar-refractivity contribution is 5.95. The second-order valence-electron chi connectivity index (χ2n) is 8.04. The number of carbonyl (C=O) groups excluding carboxylic acids is 3.